The van der Waals surface area contributed by atoms with E-state index in [-0.39, 0.29) is 12.5 Å². The standard InChI is InChI=1S/C12H17N3O3/c1-12(2,3)18-10(16)7-15-9-5-4-8(6-14-9)11(13)17/h4-6H,7H2,1-3H3,(H2,13,17)(H,14,15). The van der Waals surface area contributed by atoms with Crippen LogP contribution in [0.15, 0.2) is 18.3 Å². The van der Waals surface area contributed by atoms with E-state index < -0.39 is 11.5 Å². The molecule has 1 aromatic rings. The minimum Gasteiger partial charge on any atom is -0.459 e. The van der Waals surface area contributed by atoms with Crippen molar-refractivity contribution >= 4 is 17.7 Å². The molecule has 0 unspecified atom stereocenters. The molecule has 0 saturated carbocycles. The number of hydrogen-bond acceptors (Lipinski definition) is 5. The Morgan fingerprint density at radius 1 is 1.39 bits per heavy atom. The smallest absolute Gasteiger partial charge is 0.325 e. The highest BCUT2D eigenvalue weighted by Crippen LogP contribution is 2.08. The topological polar surface area (TPSA) is 94.3 Å². The largest absolute Gasteiger partial charge is 0.459 e. The minimum absolute atomic E-state index is 0.0141. The van der Waals surface area contributed by atoms with Gasteiger partial charge in [0.15, 0.2) is 0 Å². The fourth-order valence-corrected chi connectivity index (χ4v) is 1.18. The van der Waals surface area contributed by atoms with E-state index in [1.165, 1.54) is 12.3 Å². The van der Waals surface area contributed by atoms with Crippen molar-refractivity contribution in [3.05, 3.63) is 23.9 Å². The number of nitrogens with two attached hydrogens (primary N) is 1. The number of esters is 1. The maximum absolute atomic E-state index is 11.4. The summed E-state index contributed by atoms with van der Waals surface area (Å²) in [5, 5.41) is 2.80. The minimum atomic E-state index is -0.541. The van der Waals surface area contributed by atoms with Gasteiger partial charge in [-0.2, -0.15) is 0 Å². The maximum Gasteiger partial charge on any atom is 0.325 e. The normalized spacial score (nSPS) is 10.8. The van der Waals surface area contributed by atoms with Crippen molar-refractivity contribution in [2.75, 3.05) is 11.9 Å². The van der Waals surface area contributed by atoms with Crippen molar-refractivity contribution in [1.82, 2.24) is 4.98 Å². The number of pyridine rings is 1. The first-order valence-electron chi connectivity index (χ1n) is 5.49. The van der Waals surface area contributed by atoms with E-state index in [4.69, 9.17) is 10.5 Å². The van der Waals surface area contributed by atoms with Gasteiger partial charge in [-0.1, -0.05) is 0 Å². The summed E-state index contributed by atoms with van der Waals surface area (Å²) in [5.74, 6) is -0.435. The number of amides is 1. The van der Waals surface area contributed by atoms with E-state index in [1.54, 1.807) is 26.8 Å². The molecule has 18 heavy (non-hydrogen) atoms. The fourth-order valence-electron chi connectivity index (χ4n) is 1.18. The second-order valence-corrected chi connectivity index (χ2v) is 4.74. The molecule has 0 spiro atoms. The van der Waals surface area contributed by atoms with E-state index in [9.17, 15) is 9.59 Å². The molecule has 0 aromatic carbocycles. The van der Waals surface area contributed by atoms with Crippen molar-refractivity contribution in [1.29, 1.82) is 0 Å². The number of primary amides is 1. The van der Waals surface area contributed by atoms with Crippen LogP contribution in [0.1, 0.15) is 31.1 Å². The van der Waals surface area contributed by atoms with E-state index in [1.807, 2.05) is 0 Å². The number of nitrogens with zero attached hydrogens (tertiary/aromatic N) is 1. The van der Waals surface area contributed by atoms with Crippen LogP contribution in [0.3, 0.4) is 0 Å². The molecule has 1 aromatic heterocycles. The lowest BCUT2D eigenvalue weighted by Gasteiger charge is -2.19. The van der Waals surface area contributed by atoms with Gasteiger partial charge in [0.2, 0.25) is 5.91 Å². The van der Waals surface area contributed by atoms with Crippen LogP contribution in [0.25, 0.3) is 0 Å². The van der Waals surface area contributed by atoms with Crippen LogP contribution in [-0.4, -0.2) is 29.0 Å². The molecule has 0 radical (unpaired) electrons. The molecular formula is C12H17N3O3. The molecule has 1 amide bonds. The summed E-state index contributed by atoms with van der Waals surface area (Å²) in [4.78, 5) is 26.2. The van der Waals surface area contributed by atoms with Crippen LogP contribution in [0.5, 0.6) is 0 Å². The summed E-state index contributed by atoms with van der Waals surface area (Å²) in [6.07, 6.45) is 1.35. The van der Waals surface area contributed by atoms with Crippen LogP contribution in [-0.2, 0) is 9.53 Å². The van der Waals surface area contributed by atoms with Gasteiger partial charge in [-0.3, -0.25) is 9.59 Å². The number of carbonyl (C=O) groups is 2. The number of anilines is 1. The zero-order valence-electron chi connectivity index (χ0n) is 10.7. The molecule has 0 aliphatic carbocycles. The highest BCUT2D eigenvalue weighted by molar-refractivity contribution is 5.92. The molecule has 0 bridgehead atoms. The zero-order chi connectivity index (χ0) is 13.8. The van der Waals surface area contributed by atoms with Crippen molar-refractivity contribution in [3.8, 4) is 0 Å². The third kappa shape index (κ3) is 4.82. The van der Waals surface area contributed by atoms with Crippen LogP contribution in [0.4, 0.5) is 5.82 Å². The summed E-state index contributed by atoms with van der Waals surface area (Å²) in [6, 6.07) is 3.11. The summed E-state index contributed by atoms with van der Waals surface area (Å²) in [7, 11) is 0. The van der Waals surface area contributed by atoms with Gasteiger partial charge in [-0.05, 0) is 32.9 Å². The number of hydrogen-bond donors (Lipinski definition) is 2. The Morgan fingerprint density at radius 3 is 2.50 bits per heavy atom. The van der Waals surface area contributed by atoms with Crippen LogP contribution >= 0.6 is 0 Å². The lowest BCUT2D eigenvalue weighted by Crippen LogP contribution is -2.28. The molecule has 6 nitrogen and oxygen atoms in total. The molecule has 0 saturated heterocycles. The first-order chi connectivity index (χ1) is 8.28. The van der Waals surface area contributed by atoms with Crippen molar-refractivity contribution in [2.24, 2.45) is 5.73 Å². The first-order valence-corrected chi connectivity index (χ1v) is 5.49. The SMILES string of the molecule is CC(C)(C)OC(=O)CNc1ccc(C(N)=O)cn1. The Balaban J connectivity index is 2.49. The number of nitrogens with one attached hydrogen (secondary N) is 1. The molecule has 1 rings (SSSR count). The molecular weight excluding hydrogens is 234 g/mol. The van der Waals surface area contributed by atoms with Gasteiger partial charge >= 0.3 is 5.97 Å². The summed E-state index contributed by atoms with van der Waals surface area (Å²) >= 11 is 0. The number of rotatable bonds is 4. The van der Waals surface area contributed by atoms with Crippen LogP contribution in [0.2, 0.25) is 0 Å². The van der Waals surface area contributed by atoms with Crippen molar-refractivity contribution in [3.63, 3.8) is 0 Å². The third-order valence-corrected chi connectivity index (χ3v) is 1.88. The Bertz CT molecular complexity index is 435. The molecule has 3 N–H and O–H groups in total. The number of ether oxygens (including phenoxy) is 1. The Hall–Kier alpha value is -2.11. The maximum atomic E-state index is 11.4. The summed E-state index contributed by atoms with van der Waals surface area (Å²) in [6.45, 7) is 5.40. The monoisotopic (exact) mass is 251 g/mol. The molecule has 0 aliphatic heterocycles. The Morgan fingerprint density at radius 2 is 2.06 bits per heavy atom. The lowest BCUT2D eigenvalue weighted by molar-refractivity contribution is -0.152. The molecule has 0 aliphatic rings. The van der Waals surface area contributed by atoms with Gasteiger partial charge in [0.05, 0.1) is 5.56 Å². The quantitative estimate of drug-likeness (QED) is 0.776. The Kier molecular flexibility index (Phi) is 4.25. The lowest BCUT2D eigenvalue weighted by atomic mass is 10.2. The highest BCUT2D eigenvalue weighted by atomic mass is 16.6. The van der Waals surface area contributed by atoms with Gasteiger partial charge < -0.3 is 15.8 Å². The molecule has 0 atom stereocenters. The van der Waals surface area contributed by atoms with E-state index in [2.05, 4.69) is 10.3 Å². The van der Waals surface area contributed by atoms with Crippen molar-refractivity contribution < 1.29 is 14.3 Å². The van der Waals surface area contributed by atoms with E-state index in [0.717, 1.165) is 0 Å². The molecule has 0 fully saturated rings. The fraction of sp³-hybridized carbons (Fsp3) is 0.417. The van der Waals surface area contributed by atoms with Crippen molar-refractivity contribution in [2.45, 2.75) is 26.4 Å². The first kappa shape index (κ1) is 14.0. The number of carbonyl (C=O) groups excluding carboxylic acids is 2. The van der Waals surface area contributed by atoms with Gasteiger partial charge in [-0.15, -0.1) is 0 Å². The average molecular weight is 251 g/mol. The molecule has 1 heterocycles. The Labute approximate surface area is 106 Å². The van der Waals surface area contributed by atoms with Crippen LogP contribution < -0.4 is 11.1 Å². The van der Waals surface area contributed by atoms with Gasteiger partial charge in [0.1, 0.15) is 18.0 Å². The predicted octanol–water partition coefficient (Wildman–Crippen LogP) is 0.934. The third-order valence-electron chi connectivity index (χ3n) is 1.88. The molecule has 98 valence electrons. The van der Waals surface area contributed by atoms with E-state index >= 15 is 0 Å². The summed E-state index contributed by atoms with van der Waals surface area (Å²) in [5.41, 5.74) is 4.89. The van der Waals surface area contributed by atoms with E-state index in [0.29, 0.717) is 11.4 Å². The zero-order valence-corrected chi connectivity index (χ0v) is 10.7. The molecule has 6 heteroatoms. The van der Waals surface area contributed by atoms with Gasteiger partial charge in [0.25, 0.3) is 0 Å². The highest BCUT2D eigenvalue weighted by Gasteiger charge is 2.15. The van der Waals surface area contributed by atoms with Gasteiger partial charge in [0, 0.05) is 6.20 Å². The second kappa shape index (κ2) is 5.48. The number of aromatic nitrogens is 1. The van der Waals surface area contributed by atoms with Gasteiger partial charge in [-0.25, -0.2) is 4.98 Å². The summed E-state index contributed by atoms with van der Waals surface area (Å²) < 4.78 is 5.12. The second-order valence-electron chi connectivity index (χ2n) is 4.74. The van der Waals surface area contributed by atoms with Crippen LogP contribution in [0, 0.1) is 0 Å². The predicted molar refractivity (Wildman–Crippen MR) is 67.1 cm³/mol. The average Bonchev–Trinajstić information content (AvgIpc) is 2.24.